The molecule has 7 heteroatoms. The number of rotatable bonds is 3. The Morgan fingerprint density at radius 3 is 2.45 bits per heavy atom. The van der Waals surface area contributed by atoms with Gasteiger partial charge < -0.3 is 9.84 Å². The van der Waals surface area contributed by atoms with Crippen molar-refractivity contribution < 1.29 is 19.4 Å². The highest BCUT2D eigenvalue weighted by Crippen LogP contribution is 2.38. The number of hydrogen-bond acceptors (Lipinski definition) is 4. The lowest BCUT2D eigenvalue weighted by Crippen LogP contribution is -2.32. The van der Waals surface area contributed by atoms with Gasteiger partial charge in [0.25, 0.3) is 0 Å². The molecule has 0 aliphatic carbocycles. The Hall–Kier alpha value is -2.31. The molecule has 0 amide bonds. The third-order valence-electron chi connectivity index (χ3n) is 5.09. The number of aromatic carboxylic acids is 1. The zero-order valence-electron chi connectivity index (χ0n) is 17.6. The molecule has 158 valence electrons. The van der Waals surface area contributed by atoms with Gasteiger partial charge in [-0.1, -0.05) is 36.8 Å². The van der Waals surface area contributed by atoms with Crippen LogP contribution in [0.5, 0.6) is 0 Å². The smallest absolute Gasteiger partial charge is 0.419 e. The lowest BCUT2D eigenvalue weighted by atomic mass is 9.93. The van der Waals surface area contributed by atoms with Crippen molar-refractivity contribution in [3.63, 3.8) is 0 Å². The molecule has 0 fully saturated rings. The van der Waals surface area contributed by atoms with Crippen molar-refractivity contribution in [2.75, 3.05) is 13.6 Å². The maximum Gasteiger partial charge on any atom is 0.419 e. The molecule has 2 aromatic rings. The maximum atomic E-state index is 12.9. The van der Waals surface area contributed by atoms with E-state index < -0.39 is 17.7 Å². The molecular formula is C22H29ClN2O4. The van der Waals surface area contributed by atoms with Crippen LogP contribution in [0.1, 0.15) is 62.6 Å². The van der Waals surface area contributed by atoms with Crippen LogP contribution in [0.2, 0.25) is 0 Å². The number of halogens is 1. The molecule has 1 aliphatic heterocycles. The highest BCUT2D eigenvalue weighted by Gasteiger charge is 2.34. The van der Waals surface area contributed by atoms with Gasteiger partial charge >= 0.3 is 12.1 Å². The van der Waals surface area contributed by atoms with Gasteiger partial charge in [0.2, 0.25) is 0 Å². The van der Waals surface area contributed by atoms with Crippen LogP contribution in [0.15, 0.2) is 35.9 Å². The first-order chi connectivity index (χ1) is 13.1. The average Bonchev–Trinajstić information content (AvgIpc) is 2.95. The number of carboxylic acid groups (broad SMARTS) is 1. The van der Waals surface area contributed by atoms with Gasteiger partial charge in [0.1, 0.15) is 11.3 Å². The van der Waals surface area contributed by atoms with Gasteiger partial charge in [0.05, 0.1) is 5.52 Å². The molecule has 0 bridgehead atoms. The molecule has 1 N–H and O–H groups in total. The van der Waals surface area contributed by atoms with Crippen LogP contribution < -0.4 is 0 Å². The average molecular weight is 421 g/mol. The molecule has 1 aliphatic rings. The predicted octanol–water partition coefficient (Wildman–Crippen LogP) is 5.26. The van der Waals surface area contributed by atoms with Gasteiger partial charge in [-0.05, 0) is 46.7 Å². The number of carbonyl (C=O) groups is 2. The molecule has 0 radical (unpaired) electrons. The summed E-state index contributed by atoms with van der Waals surface area (Å²) < 4.78 is 6.73. The summed E-state index contributed by atoms with van der Waals surface area (Å²) in [6.07, 6.45) is 3.20. The van der Waals surface area contributed by atoms with E-state index in [1.54, 1.807) is 32.9 Å². The summed E-state index contributed by atoms with van der Waals surface area (Å²) in [7, 11) is 2.00. The first kappa shape index (κ1) is 23.0. The van der Waals surface area contributed by atoms with Gasteiger partial charge in [-0.2, -0.15) is 0 Å². The summed E-state index contributed by atoms with van der Waals surface area (Å²) in [6, 6.07) is 7.21. The van der Waals surface area contributed by atoms with E-state index in [1.807, 2.05) is 19.2 Å². The molecule has 6 nitrogen and oxygen atoms in total. The van der Waals surface area contributed by atoms with Gasteiger partial charge in [0, 0.05) is 23.5 Å². The number of benzene rings is 1. The SMILES string of the molecule is CCC1=CCC(c2c(C(=O)O)n(C(=O)OC(C)(C)C)c3ccccc23)N(C)C1.Cl. The number of nitrogens with zero attached hydrogens (tertiary/aromatic N) is 2. The molecule has 1 aromatic carbocycles. The van der Waals surface area contributed by atoms with E-state index in [0.29, 0.717) is 17.5 Å². The number of fused-ring (bicyclic) bond motifs is 1. The van der Waals surface area contributed by atoms with Crippen molar-refractivity contribution in [3.05, 3.63) is 47.2 Å². The summed E-state index contributed by atoms with van der Waals surface area (Å²) in [5.41, 5.74) is 1.83. The van der Waals surface area contributed by atoms with Crippen molar-refractivity contribution in [3.8, 4) is 0 Å². The largest absolute Gasteiger partial charge is 0.477 e. The highest BCUT2D eigenvalue weighted by atomic mass is 35.5. The minimum absolute atomic E-state index is 0. The number of ether oxygens (including phenoxy) is 1. The highest BCUT2D eigenvalue weighted by molar-refractivity contribution is 6.04. The summed E-state index contributed by atoms with van der Waals surface area (Å²) in [4.78, 5) is 27.4. The minimum atomic E-state index is -1.13. The Bertz CT molecular complexity index is 956. The first-order valence-corrected chi connectivity index (χ1v) is 9.62. The zero-order valence-corrected chi connectivity index (χ0v) is 18.4. The molecular weight excluding hydrogens is 392 g/mol. The zero-order chi connectivity index (χ0) is 20.6. The monoisotopic (exact) mass is 420 g/mol. The van der Waals surface area contributed by atoms with Gasteiger partial charge in [-0.15, -0.1) is 12.4 Å². The molecule has 1 atom stereocenters. The van der Waals surface area contributed by atoms with Crippen molar-refractivity contribution >= 4 is 35.4 Å². The topological polar surface area (TPSA) is 71.8 Å². The second-order valence-electron chi connectivity index (χ2n) is 8.28. The maximum absolute atomic E-state index is 12.9. The van der Waals surface area contributed by atoms with Gasteiger partial charge in [-0.25, -0.2) is 14.2 Å². The molecule has 0 saturated carbocycles. The van der Waals surface area contributed by atoms with Crippen molar-refractivity contribution in [1.82, 2.24) is 9.47 Å². The van der Waals surface area contributed by atoms with Crippen LogP contribution in [0.4, 0.5) is 4.79 Å². The summed E-state index contributed by atoms with van der Waals surface area (Å²) >= 11 is 0. The van der Waals surface area contributed by atoms with Crippen LogP contribution in [0, 0.1) is 0 Å². The second kappa shape index (κ2) is 8.59. The normalized spacial score (nSPS) is 17.6. The number of hydrogen-bond donors (Lipinski definition) is 1. The van der Waals surface area contributed by atoms with Crippen molar-refractivity contribution in [2.45, 2.75) is 52.2 Å². The van der Waals surface area contributed by atoms with Crippen LogP contribution in [-0.2, 0) is 4.74 Å². The third kappa shape index (κ3) is 4.49. The quantitative estimate of drug-likeness (QED) is 0.686. The van der Waals surface area contributed by atoms with E-state index in [1.165, 1.54) is 10.1 Å². The van der Waals surface area contributed by atoms with Crippen LogP contribution in [0.25, 0.3) is 10.9 Å². The van der Waals surface area contributed by atoms with Gasteiger partial charge in [0.15, 0.2) is 0 Å². The minimum Gasteiger partial charge on any atom is -0.477 e. The Kier molecular flexibility index (Phi) is 6.81. The van der Waals surface area contributed by atoms with E-state index in [2.05, 4.69) is 17.9 Å². The van der Waals surface area contributed by atoms with E-state index in [0.717, 1.165) is 18.4 Å². The molecule has 1 aromatic heterocycles. The molecule has 0 spiro atoms. The van der Waals surface area contributed by atoms with Crippen LogP contribution in [-0.4, -0.2) is 45.8 Å². The summed E-state index contributed by atoms with van der Waals surface area (Å²) in [6.45, 7) is 8.21. The lowest BCUT2D eigenvalue weighted by Gasteiger charge is -2.32. The Labute approximate surface area is 177 Å². The first-order valence-electron chi connectivity index (χ1n) is 9.62. The van der Waals surface area contributed by atoms with Crippen LogP contribution in [0.3, 0.4) is 0 Å². The fourth-order valence-corrected chi connectivity index (χ4v) is 3.86. The number of carboxylic acids is 1. The Balaban J connectivity index is 0.00000300. The predicted molar refractivity (Wildman–Crippen MR) is 116 cm³/mol. The van der Waals surface area contributed by atoms with Crippen molar-refractivity contribution in [1.29, 1.82) is 0 Å². The fourth-order valence-electron chi connectivity index (χ4n) is 3.86. The van der Waals surface area contributed by atoms with Crippen LogP contribution >= 0.6 is 12.4 Å². The van der Waals surface area contributed by atoms with E-state index >= 15 is 0 Å². The van der Waals surface area contributed by atoms with E-state index in [-0.39, 0.29) is 24.1 Å². The number of aromatic nitrogens is 1. The third-order valence-corrected chi connectivity index (χ3v) is 5.09. The number of likely N-dealkylation sites (N-methyl/N-ethyl adjacent to an activating group) is 1. The summed E-state index contributed by atoms with van der Waals surface area (Å²) in [5.74, 6) is -1.13. The molecule has 3 rings (SSSR count). The van der Waals surface area contributed by atoms with Crippen molar-refractivity contribution in [2.24, 2.45) is 0 Å². The molecule has 29 heavy (non-hydrogen) atoms. The molecule has 1 unspecified atom stereocenters. The Morgan fingerprint density at radius 1 is 1.24 bits per heavy atom. The Morgan fingerprint density at radius 2 is 1.90 bits per heavy atom. The standard InChI is InChI=1S/C22H28N2O4.ClH/c1-6-14-11-12-17(23(5)13-14)18-15-9-7-8-10-16(15)24(19(18)20(25)26)21(27)28-22(2,3)4;/h7-11,17H,6,12-13H2,1-5H3,(H,25,26);1H. The van der Waals surface area contributed by atoms with Gasteiger partial charge in [-0.3, -0.25) is 4.90 Å². The van der Waals surface area contributed by atoms with E-state index in [9.17, 15) is 14.7 Å². The fraction of sp³-hybridized carbons (Fsp3) is 0.455. The second-order valence-corrected chi connectivity index (χ2v) is 8.28. The number of para-hydroxylation sites is 1. The summed E-state index contributed by atoms with van der Waals surface area (Å²) in [5, 5.41) is 10.8. The number of carbonyl (C=O) groups excluding carboxylic acids is 1. The van der Waals surface area contributed by atoms with E-state index in [4.69, 9.17) is 4.74 Å². The molecule has 2 heterocycles. The lowest BCUT2D eigenvalue weighted by molar-refractivity contribution is 0.0510. The molecule has 0 saturated heterocycles.